The number of hydrogen-bond donors (Lipinski definition) is 1. The normalized spacial score (nSPS) is 10.2. The van der Waals surface area contributed by atoms with Crippen molar-refractivity contribution in [3.05, 3.63) is 63.1 Å². The molecule has 0 bridgehead atoms. The lowest BCUT2D eigenvalue weighted by Gasteiger charge is -2.09. The van der Waals surface area contributed by atoms with Gasteiger partial charge in [0.2, 0.25) is 0 Å². The molecular formula is C19H19BrN2O. The predicted octanol–water partition coefficient (Wildman–Crippen LogP) is 5.22. The van der Waals surface area contributed by atoms with Crippen LogP contribution in [0.5, 0.6) is 0 Å². The summed E-state index contributed by atoms with van der Waals surface area (Å²) in [5.74, 6) is -0.210. The van der Waals surface area contributed by atoms with Crippen molar-refractivity contribution >= 4 is 27.5 Å². The number of benzene rings is 2. The first-order chi connectivity index (χ1) is 11.0. The minimum Gasteiger partial charge on any atom is -0.322 e. The van der Waals surface area contributed by atoms with Gasteiger partial charge in [0, 0.05) is 15.7 Å². The van der Waals surface area contributed by atoms with E-state index in [0.717, 1.165) is 22.1 Å². The molecule has 0 saturated carbocycles. The summed E-state index contributed by atoms with van der Waals surface area (Å²) in [6.45, 7) is 4.04. The Labute approximate surface area is 145 Å². The molecule has 0 radical (unpaired) electrons. The molecule has 2 aromatic rings. The Balaban J connectivity index is 2.13. The van der Waals surface area contributed by atoms with Crippen LogP contribution in [0.4, 0.5) is 5.69 Å². The zero-order chi connectivity index (χ0) is 16.8. The summed E-state index contributed by atoms with van der Waals surface area (Å²) < 4.78 is 0.733. The van der Waals surface area contributed by atoms with E-state index in [9.17, 15) is 4.79 Å². The number of anilines is 1. The van der Waals surface area contributed by atoms with Crippen molar-refractivity contribution in [1.82, 2.24) is 0 Å². The smallest absolute Gasteiger partial charge is 0.255 e. The van der Waals surface area contributed by atoms with Gasteiger partial charge in [-0.15, -0.1) is 0 Å². The van der Waals surface area contributed by atoms with E-state index in [1.54, 1.807) is 12.1 Å². The van der Waals surface area contributed by atoms with E-state index in [4.69, 9.17) is 5.26 Å². The van der Waals surface area contributed by atoms with Crippen LogP contribution >= 0.6 is 15.9 Å². The SMILES string of the molecule is CCCCc1ccc(NC(=O)c2cc(C)c(Br)c(C#N)c2)cc1. The number of aryl methyl sites for hydroxylation is 2. The van der Waals surface area contributed by atoms with Crippen LogP contribution < -0.4 is 5.32 Å². The van der Waals surface area contributed by atoms with Crippen molar-refractivity contribution in [3.63, 3.8) is 0 Å². The minimum absolute atomic E-state index is 0.210. The number of hydrogen-bond acceptors (Lipinski definition) is 2. The molecule has 0 aliphatic carbocycles. The Morgan fingerprint density at radius 1 is 1.26 bits per heavy atom. The molecule has 0 unspecified atom stereocenters. The number of halogens is 1. The van der Waals surface area contributed by atoms with Gasteiger partial charge in [0.15, 0.2) is 0 Å². The molecule has 0 aliphatic rings. The minimum atomic E-state index is -0.210. The molecule has 0 saturated heterocycles. The monoisotopic (exact) mass is 370 g/mol. The molecular weight excluding hydrogens is 352 g/mol. The van der Waals surface area contributed by atoms with Crippen LogP contribution in [-0.4, -0.2) is 5.91 Å². The van der Waals surface area contributed by atoms with Gasteiger partial charge in [0.25, 0.3) is 5.91 Å². The zero-order valence-corrected chi connectivity index (χ0v) is 14.9. The highest BCUT2D eigenvalue weighted by Gasteiger charge is 2.11. The Kier molecular flexibility index (Phi) is 5.95. The fraction of sp³-hybridized carbons (Fsp3) is 0.263. The average molecular weight is 371 g/mol. The quantitative estimate of drug-likeness (QED) is 0.783. The summed E-state index contributed by atoms with van der Waals surface area (Å²) in [6, 6.07) is 13.4. The third-order valence-corrected chi connectivity index (χ3v) is 4.72. The first-order valence-corrected chi connectivity index (χ1v) is 8.45. The van der Waals surface area contributed by atoms with Gasteiger partial charge in [-0.1, -0.05) is 25.5 Å². The molecule has 0 heterocycles. The third-order valence-electron chi connectivity index (χ3n) is 3.67. The molecule has 0 atom stereocenters. The van der Waals surface area contributed by atoms with E-state index >= 15 is 0 Å². The number of carbonyl (C=O) groups excluding carboxylic acids is 1. The second-order valence-corrected chi connectivity index (χ2v) is 6.31. The molecule has 4 heteroatoms. The number of unbranched alkanes of at least 4 members (excludes halogenated alkanes) is 1. The molecule has 118 valence electrons. The fourth-order valence-electron chi connectivity index (χ4n) is 2.32. The largest absolute Gasteiger partial charge is 0.322 e. The van der Waals surface area contributed by atoms with E-state index in [1.165, 1.54) is 18.4 Å². The molecule has 1 N–H and O–H groups in total. The van der Waals surface area contributed by atoms with Crippen LogP contribution in [0.2, 0.25) is 0 Å². The maximum atomic E-state index is 12.4. The third kappa shape index (κ3) is 4.43. The van der Waals surface area contributed by atoms with E-state index < -0.39 is 0 Å². The number of nitriles is 1. The Bertz CT molecular complexity index is 745. The second kappa shape index (κ2) is 7.94. The maximum Gasteiger partial charge on any atom is 0.255 e. The van der Waals surface area contributed by atoms with Crippen molar-refractivity contribution in [2.45, 2.75) is 33.1 Å². The molecule has 23 heavy (non-hydrogen) atoms. The number of nitrogens with zero attached hydrogens (tertiary/aromatic N) is 1. The van der Waals surface area contributed by atoms with E-state index in [0.29, 0.717) is 11.1 Å². The van der Waals surface area contributed by atoms with Gasteiger partial charge in [0.05, 0.1) is 5.56 Å². The maximum absolute atomic E-state index is 12.4. The van der Waals surface area contributed by atoms with Gasteiger partial charge in [-0.2, -0.15) is 5.26 Å². The molecule has 1 amide bonds. The summed E-state index contributed by atoms with van der Waals surface area (Å²) in [6.07, 6.45) is 3.39. The van der Waals surface area contributed by atoms with Crippen LogP contribution in [0.1, 0.15) is 46.8 Å². The van der Waals surface area contributed by atoms with Gasteiger partial charge in [-0.05, 0) is 71.1 Å². The second-order valence-electron chi connectivity index (χ2n) is 5.52. The highest BCUT2D eigenvalue weighted by molar-refractivity contribution is 9.10. The van der Waals surface area contributed by atoms with Crippen molar-refractivity contribution < 1.29 is 4.79 Å². The molecule has 0 aromatic heterocycles. The number of rotatable bonds is 5. The first-order valence-electron chi connectivity index (χ1n) is 7.65. The molecule has 3 nitrogen and oxygen atoms in total. The Morgan fingerprint density at radius 3 is 2.57 bits per heavy atom. The fourth-order valence-corrected chi connectivity index (χ4v) is 2.64. The summed E-state index contributed by atoms with van der Waals surface area (Å²) in [4.78, 5) is 12.4. The Hall–Kier alpha value is -2.12. The number of carbonyl (C=O) groups is 1. The molecule has 2 aromatic carbocycles. The van der Waals surface area contributed by atoms with Crippen LogP contribution in [0.15, 0.2) is 40.9 Å². The standard InChI is InChI=1S/C19H19BrN2O/c1-3-4-5-14-6-8-17(9-7-14)22-19(23)15-10-13(2)18(20)16(11-15)12-21/h6-11H,3-5H2,1-2H3,(H,22,23). The van der Waals surface area contributed by atoms with Crippen molar-refractivity contribution in [3.8, 4) is 6.07 Å². The summed E-state index contributed by atoms with van der Waals surface area (Å²) in [5, 5.41) is 12.0. The lowest BCUT2D eigenvalue weighted by Crippen LogP contribution is -2.12. The van der Waals surface area contributed by atoms with Gasteiger partial charge in [-0.25, -0.2) is 0 Å². The van der Waals surface area contributed by atoms with Crippen LogP contribution in [0, 0.1) is 18.3 Å². The molecule has 0 fully saturated rings. The van der Waals surface area contributed by atoms with Crippen LogP contribution in [0.3, 0.4) is 0 Å². The lowest BCUT2D eigenvalue weighted by molar-refractivity contribution is 0.102. The first kappa shape index (κ1) is 17.2. The van der Waals surface area contributed by atoms with E-state index in [1.807, 2.05) is 31.2 Å². The lowest BCUT2D eigenvalue weighted by atomic mass is 10.1. The summed E-state index contributed by atoms with van der Waals surface area (Å²) in [5.41, 5.74) is 3.84. The molecule has 0 spiro atoms. The van der Waals surface area contributed by atoms with Crippen molar-refractivity contribution in [1.29, 1.82) is 5.26 Å². The highest BCUT2D eigenvalue weighted by Crippen LogP contribution is 2.23. The Morgan fingerprint density at radius 2 is 1.96 bits per heavy atom. The number of nitrogens with one attached hydrogen (secondary N) is 1. The van der Waals surface area contributed by atoms with E-state index in [2.05, 4.69) is 34.2 Å². The van der Waals surface area contributed by atoms with E-state index in [-0.39, 0.29) is 5.91 Å². The predicted molar refractivity (Wildman–Crippen MR) is 96.6 cm³/mol. The summed E-state index contributed by atoms with van der Waals surface area (Å²) >= 11 is 3.36. The van der Waals surface area contributed by atoms with Crippen molar-refractivity contribution in [2.75, 3.05) is 5.32 Å². The van der Waals surface area contributed by atoms with Gasteiger partial charge in [0.1, 0.15) is 6.07 Å². The topological polar surface area (TPSA) is 52.9 Å². The highest BCUT2D eigenvalue weighted by atomic mass is 79.9. The van der Waals surface area contributed by atoms with Gasteiger partial charge in [-0.3, -0.25) is 4.79 Å². The van der Waals surface area contributed by atoms with Crippen LogP contribution in [0.25, 0.3) is 0 Å². The van der Waals surface area contributed by atoms with Crippen LogP contribution in [-0.2, 0) is 6.42 Å². The molecule has 0 aliphatic heterocycles. The van der Waals surface area contributed by atoms with Crippen molar-refractivity contribution in [2.24, 2.45) is 0 Å². The number of amides is 1. The molecule has 2 rings (SSSR count). The zero-order valence-electron chi connectivity index (χ0n) is 13.3. The average Bonchev–Trinajstić information content (AvgIpc) is 2.56. The van der Waals surface area contributed by atoms with Gasteiger partial charge >= 0.3 is 0 Å². The van der Waals surface area contributed by atoms with Gasteiger partial charge < -0.3 is 5.32 Å². The summed E-state index contributed by atoms with van der Waals surface area (Å²) in [7, 11) is 0.